The van der Waals surface area contributed by atoms with Gasteiger partial charge in [-0.15, -0.1) is 5.10 Å². The van der Waals surface area contributed by atoms with Crippen LogP contribution < -0.4 is 5.32 Å². The highest BCUT2D eigenvalue weighted by Crippen LogP contribution is 2.12. The highest BCUT2D eigenvalue weighted by Gasteiger charge is 2.24. The molecule has 0 bridgehead atoms. The van der Waals surface area contributed by atoms with Crippen molar-refractivity contribution in [3.05, 3.63) is 11.4 Å². The van der Waals surface area contributed by atoms with E-state index in [0.717, 1.165) is 6.42 Å². The van der Waals surface area contributed by atoms with Crippen molar-refractivity contribution in [1.82, 2.24) is 20.3 Å². The van der Waals surface area contributed by atoms with Gasteiger partial charge in [-0.25, -0.2) is 9.48 Å². The van der Waals surface area contributed by atoms with Crippen LogP contribution in [0.4, 0.5) is 0 Å². The number of aromatic nitrogens is 3. The molecule has 7 nitrogen and oxygen atoms in total. The van der Waals surface area contributed by atoms with Gasteiger partial charge in [0.2, 0.25) is 5.91 Å². The van der Waals surface area contributed by atoms with Gasteiger partial charge in [0.15, 0.2) is 5.69 Å². The maximum atomic E-state index is 11.9. The summed E-state index contributed by atoms with van der Waals surface area (Å²) in [5.41, 5.74) is 0.912. The lowest BCUT2D eigenvalue weighted by Gasteiger charge is -2.10. The number of rotatable bonds is 5. The van der Waals surface area contributed by atoms with E-state index in [4.69, 9.17) is 4.74 Å². The van der Waals surface area contributed by atoms with Crippen molar-refractivity contribution >= 4 is 11.9 Å². The highest BCUT2D eigenvalue weighted by atomic mass is 16.5. The van der Waals surface area contributed by atoms with Crippen LogP contribution in [-0.2, 0) is 16.1 Å². The molecule has 1 aliphatic heterocycles. The van der Waals surface area contributed by atoms with Crippen molar-refractivity contribution in [2.75, 3.05) is 6.61 Å². The topological polar surface area (TPSA) is 86.1 Å². The summed E-state index contributed by atoms with van der Waals surface area (Å²) in [6, 6.07) is 0.0578. The van der Waals surface area contributed by atoms with E-state index in [9.17, 15) is 9.59 Å². The highest BCUT2D eigenvalue weighted by molar-refractivity contribution is 5.88. The molecule has 1 atom stereocenters. The van der Waals surface area contributed by atoms with Crippen LogP contribution in [0.5, 0.6) is 0 Å². The van der Waals surface area contributed by atoms with Crippen molar-refractivity contribution in [2.45, 2.75) is 46.2 Å². The molecular formula is C13H20N4O3. The van der Waals surface area contributed by atoms with E-state index in [1.165, 1.54) is 0 Å². The van der Waals surface area contributed by atoms with Crippen LogP contribution in [0, 0.1) is 12.8 Å². The maximum Gasteiger partial charge on any atom is 0.360 e. The van der Waals surface area contributed by atoms with Gasteiger partial charge in [-0.1, -0.05) is 19.1 Å². The van der Waals surface area contributed by atoms with Gasteiger partial charge in [0.25, 0.3) is 0 Å². The van der Waals surface area contributed by atoms with Crippen LogP contribution in [0.3, 0.4) is 0 Å². The minimum absolute atomic E-state index is 0.0578. The Balaban J connectivity index is 1.99. The third-order valence-corrected chi connectivity index (χ3v) is 3.20. The first kappa shape index (κ1) is 14.5. The van der Waals surface area contributed by atoms with Crippen molar-refractivity contribution in [3.63, 3.8) is 0 Å². The van der Waals surface area contributed by atoms with Gasteiger partial charge in [0, 0.05) is 12.5 Å². The first-order valence-corrected chi connectivity index (χ1v) is 6.84. The number of carbonyl (C=O) groups excluding carboxylic acids is 2. The van der Waals surface area contributed by atoms with Crippen LogP contribution >= 0.6 is 0 Å². The summed E-state index contributed by atoms with van der Waals surface area (Å²) < 4.78 is 6.79. The Morgan fingerprint density at radius 2 is 2.30 bits per heavy atom. The molecule has 7 heteroatoms. The smallest absolute Gasteiger partial charge is 0.360 e. The molecule has 110 valence electrons. The number of ether oxygens (including phenoxy) is 1. The number of amides is 1. The van der Waals surface area contributed by atoms with Crippen molar-refractivity contribution in [3.8, 4) is 0 Å². The monoisotopic (exact) mass is 280 g/mol. The van der Waals surface area contributed by atoms with Gasteiger partial charge in [-0.05, 0) is 19.3 Å². The van der Waals surface area contributed by atoms with Gasteiger partial charge in [-0.2, -0.15) is 0 Å². The van der Waals surface area contributed by atoms with Crippen LogP contribution in [0.15, 0.2) is 0 Å². The Hall–Kier alpha value is -1.92. The summed E-state index contributed by atoms with van der Waals surface area (Å²) >= 11 is 0. The molecule has 1 unspecified atom stereocenters. The van der Waals surface area contributed by atoms with E-state index in [1.54, 1.807) is 11.6 Å². The van der Waals surface area contributed by atoms with Crippen LogP contribution in [-0.4, -0.2) is 39.5 Å². The van der Waals surface area contributed by atoms with E-state index < -0.39 is 5.97 Å². The number of hydrogen-bond donors (Lipinski definition) is 1. The number of carbonyl (C=O) groups is 2. The zero-order chi connectivity index (χ0) is 14.7. The molecule has 20 heavy (non-hydrogen) atoms. The molecule has 0 aliphatic carbocycles. The summed E-state index contributed by atoms with van der Waals surface area (Å²) in [5.74, 6) is -0.106. The minimum atomic E-state index is -0.446. The number of nitrogens with zero attached hydrogens (tertiary/aromatic N) is 3. The SMILES string of the molecule is Cc1c(C(=O)OCC(C)C)nnn1CC1CCC(=O)N1. The summed E-state index contributed by atoms with van der Waals surface area (Å²) in [6.07, 6.45) is 1.33. The van der Waals surface area contributed by atoms with Gasteiger partial charge < -0.3 is 10.1 Å². The molecule has 1 aromatic rings. The Morgan fingerprint density at radius 1 is 1.55 bits per heavy atom. The molecule has 2 heterocycles. The average molecular weight is 280 g/mol. The lowest BCUT2D eigenvalue weighted by Crippen LogP contribution is -2.30. The number of esters is 1. The molecule has 1 N–H and O–H groups in total. The number of nitrogens with one attached hydrogen (secondary N) is 1. The quantitative estimate of drug-likeness (QED) is 0.801. The zero-order valence-electron chi connectivity index (χ0n) is 12.0. The third kappa shape index (κ3) is 3.34. The Labute approximate surface area is 117 Å². The maximum absolute atomic E-state index is 11.9. The minimum Gasteiger partial charge on any atom is -0.461 e. The predicted octanol–water partition coefficient (Wildman–Crippen LogP) is 0.678. The van der Waals surface area contributed by atoms with E-state index >= 15 is 0 Å². The van der Waals surface area contributed by atoms with E-state index in [1.807, 2.05) is 13.8 Å². The second kappa shape index (κ2) is 6.02. The van der Waals surface area contributed by atoms with Gasteiger partial charge in [0.05, 0.1) is 18.8 Å². The van der Waals surface area contributed by atoms with Crippen LogP contribution in [0.1, 0.15) is 42.9 Å². The normalized spacial score (nSPS) is 18.4. The fraction of sp³-hybridized carbons (Fsp3) is 0.692. The fourth-order valence-electron chi connectivity index (χ4n) is 2.06. The fourth-order valence-corrected chi connectivity index (χ4v) is 2.06. The molecule has 0 spiro atoms. The lowest BCUT2D eigenvalue weighted by atomic mass is 10.2. The van der Waals surface area contributed by atoms with Crippen molar-refractivity contribution < 1.29 is 14.3 Å². The van der Waals surface area contributed by atoms with E-state index in [2.05, 4.69) is 15.6 Å². The first-order valence-electron chi connectivity index (χ1n) is 6.84. The van der Waals surface area contributed by atoms with Crippen LogP contribution in [0.2, 0.25) is 0 Å². The van der Waals surface area contributed by atoms with Crippen molar-refractivity contribution in [1.29, 1.82) is 0 Å². The molecule has 0 saturated carbocycles. The molecule has 0 radical (unpaired) electrons. The first-order chi connectivity index (χ1) is 9.47. The summed E-state index contributed by atoms with van der Waals surface area (Å²) in [6.45, 7) is 6.62. The Morgan fingerprint density at radius 3 is 2.90 bits per heavy atom. The van der Waals surface area contributed by atoms with Gasteiger partial charge in [-0.3, -0.25) is 4.79 Å². The average Bonchev–Trinajstić information content (AvgIpc) is 2.95. The molecule has 1 aliphatic rings. The predicted molar refractivity (Wildman–Crippen MR) is 71.0 cm³/mol. The summed E-state index contributed by atoms with van der Waals surface area (Å²) in [4.78, 5) is 23.0. The second-order valence-corrected chi connectivity index (χ2v) is 5.50. The van der Waals surface area contributed by atoms with Gasteiger partial charge in [0.1, 0.15) is 0 Å². The molecule has 1 amide bonds. The summed E-state index contributed by atoms with van der Waals surface area (Å²) in [7, 11) is 0. The largest absolute Gasteiger partial charge is 0.461 e. The van der Waals surface area contributed by atoms with Gasteiger partial charge >= 0.3 is 5.97 Å². The van der Waals surface area contributed by atoms with E-state index in [-0.39, 0.29) is 23.6 Å². The number of hydrogen-bond acceptors (Lipinski definition) is 5. The zero-order valence-corrected chi connectivity index (χ0v) is 12.0. The van der Waals surface area contributed by atoms with Crippen LogP contribution in [0.25, 0.3) is 0 Å². The standard InChI is InChI=1S/C13H20N4O3/c1-8(2)7-20-13(19)12-9(3)17(16-15-12)6-10-4-5-11(18)14-10/h8,10H,4-7H2,1-3H3,(H,14,18). The molecule has 0 aromatic carbocycles. The van der Waals surface area contributed by atoms with Crippen molar-refractivity contribution in [2.24, 2.45) is 5.92 Å². The molecule has 2 rings (SSSR count). The van der Waals surface area contributed by atoms with E-state index in [0.29, 0.717) is 25.3 Å². The molecule has 1 fully saturated rings. The Bertz CT molecular complexity index is 510. The molecule has 1 aromatic heterocycles. The Kier molecular flexibility index (Phi) is 4.36. The molecular weight excluding hydrogens is 260 g/mol. The second-order valence-electron chi connectivity index (χ2n) is 5.50. The summed E-state index contributed by atoms with van der Waals surface area (Å²) in [5, 5.41) is 10.7. The third-order valence-electron chi connectivity index (χ3n) is 3.20. The molecule has 1 saturated heterocycles. The lowest BCUT2D eigenvalue weighted by molar-refractivity contribution is -0.119.